The molecular weight excluding hydrogens is 389 g/mol. The van der Waals surface area contributed by atoms with Crippen LogP contribution < -0.4 is 11.1 Å². The monoisotopic (exact) mass is 405 g/mol. The average Bonchev–Trinajstić information content (AvgIpc) is 3.14. The number of phenolic OH excluding ortho intramolecular Hbond substituents is 1. The van der Waals surface area contributed by atoms with Crippen LogP contribution in [0.1, 0.15) is 20.7 Å². The van der Waals surface area contributed by atoms with Crippen LogP contribution in [0.2, 0.25) is 0 Å². The van der Waals surface area contributed by atoms with Crippen LogP contribution in [0.3, 0.4) is 0 Å². The number of benzene rings is 2. The second-order valence-electron chi connectivity index (χ2n) is 5.12. The smallest absolute Gasteiger partial charge is 0.257 e. The predicted molar refractivity (Wildman–Crippen MR) is 108 cm³/mol. The third-order valence-electron chi connectivity index (χ3n) is 3.40. The number of rotatable bonds is 4. The van der Waals surface area contributed by atoms with E-state index in [1.165, 1.54) is 11.3 Å². The normalized spacial score (nSPS) is 9.89. The fraction of sp³-hybridized carbons (Fsp3) is 0.0556. The van der Waals surface area contributed by atoms with Crippen LogP contribution in [0.25, 0.3) is 10.4 Å². The number of anilines is 2. The van der Waals surface area contributed by atoms with E-state index in [1.807, 2.05) is 12.1 Å². The van der Waals surface area contributed by atoms with Gasteiger partial charge in [0.1, 0.15) is 0 Å². The molecule has 3 rings (SSSR count). The molecule has 6 nitrogen and oxygen atoms in total. The molecule has 3 aromatic rings. The van der Waals surface area contributed by atoms with Gasteiger partial charge in [0.2, 0.25) is 0 Å². The van der Waals surface area contributed by atoms with E-state index in [0.717, 1.165) is 22.6 Å². The zero-order chi connectivity index (χ0) is 20.0. The van der Waals surface area contributed by atoms with Crippen molar-refractivity contribution < 1.29 is 19.1 Å². The summed E-state index contributed by atoms with van der Waals surface area (Å²) in [5.41, 5.74) is 6.78. The molecule has 0 saturated heterocycles. The van der Waals surface area contributed by atoms with Crippen LogP contribution in [0, 0.1) is 5.82 Å². The highest BCUT2D eigenvalue weighted by Gasteiger charge is 2.15. The minimum Gasteiger partial charge on any atom is -0.504 e. The molecule has 0 bridgehead atoms. The highest BCUT2D eigenvalue weighted by molar-refractivity contribution is 7.79. The molecule has 0 atom stereocenters. The Kier molecular flexibility index (Phi) is 6.91. The molecule has 0 aliphatic rings. The number of aromatic nitrogens is 1. The Bertz CT molecular complexity index is 959. The average molecular weight is 405 g/mol. The molecule has 9 heteroatoms. The zero-order valence-corrected chi connectivity index (χ0v) is 15.9. The number of hydrogen-bond donors (Lipinski definition) is 4. The largest absolute Gasteiger partial charge is 0.504 e. The Hall–Kier alpha value is -2.91. The van der Waals surface area contributed by atoms with Gasteiger partial charge in [0.25, 0.3) is 5.91 Å². The van der Waals surface area contributed by atoms with E-state index in [9.17, 15) is 19.1 Å². The number of hydrogen-bond acceptors (Lipinski definition) is 7. The van der Waals surface area contributed by atoms with Crippen LogP contribution >= 0.6 is 24.0 Å². The van der Waals surface area contributed by atoms with Gasteiger partial charge < -0.3 is 10.8 Å². The van der Waals surface area contributed by atoms with Crippen molar-refractivity contribution >= 4 is 47.0 Å². The van der Waals surface area contributed by atoms with Gasteiger partial charge in [0.15, 0.2) is 23.0 Å². The summed E-state index contributed by atoms with van der Waals surface area (Å²) in [5.74, 6) is -2.47. The number of nitrogens with zero attached hydrogens (tertiary/aromatic N) is 1. The van der Waals surface area contributed by atoms with Crippen molar-refractivity contribution in [2.24, 2.45) is 0 Å². The van der Waals surface area contributed by atoms with Crippen LogP contribution in [-0.2, 0) is 0 Å². The Morgan fingerprint density at radius 3 is 2.59 bits per heavy atom. The number of phenols is 1. The molecular formula is C18H16FN3O3S2. The van der Waals surface area contributed by atoms with E-state index in [1.54, 1.807) is 24.6 Å². The number of nitrogens with one attached hydrogen (secondary N) is 1. The zero-order valence-electron chi connectivity index (χ0n) is 14.1. The topological polar surface area (TPSA) is 105 Å². The molecule has 140 valence electrons. The highest BCUT2D eigenvalue weighted by Crippen LogP contribution is 2.30. The molecule has 27 heavy (non-hydrogen) atoms. The van der Waals surface area contributed by atoms with Crippen molar-refractivity contribution in [1.29, 1.82) is 0 Å². The number of nitrogens with two attached hydrogens (primary N) is 1. The molecule has 1 heterocycles. The second-order valence-corrected chi connectivity index (χ2v) is 6.15. The molecule has 0 aliphatic heterocycles. The highest BCUT2D eigenvalue weighted by atomic mass is 32.1. The van der Waals surface area contributed by atoms with Crippen LogP contribution in [0.5, 0.6) is 5.75 Å². The van der Waals surface area contributed by atoms with E-state index in [2.05, 4.69) is 22.9 Å². The van der Waals surface area contributed by atoms with Gasteiger partial charge in [-0.2, -0.15) is 12.6 Å². The third-order valence-corrected chi connectivity index (χ3v) is 4.37. The first-order valence-corrected chi connectivity index (χ1v) is 9.24. The lowest BCUT2D eigenvalue weighted by Gasteiger charge is -2.05. The summed E-state index contributed by atoms with van der Waals surface area (Å²) in [6, 6.07) is 9.14. The summed E-state index contributed by atoms with van der Waals surface area (Å²) in [6.07, 6.45) is 3.57. The fourth-order valence-corrected chi connectivity index (χ4v) is 2.94. The van der Waals surface area contributed by atoms with E-state index in [-0.39, 0.29) is 17.4 Å². The van der Waals surface area contributed by atoms with E-state index in [4.69, 9.17) is 5.73 Å². The number of halogens is 1. The number of thiazole rings is 1. The van der Waals surface area contributed by atoms with Crippen molar-refractivity contribution in [2.45, 2.75) is 0 Å². The lowest BCUT2D eigenvalue weighted by molar-refractivity contribution is 0.102. The number of nitrogen functional groups attached to an aromatic ring is 1. The number of carbonyl (C=O) groups excluding carboxylic acids is 2. The molecule has 1 amide bonds. The SMILES string of the molecule is CS.Nc1ccc(-c2cnc(NC(=O)c3cc(F)c(O)c(C=O)c3)s2)cc1. The van der Waals surface area contributed by atoms with E-state index >= 15 is 0 Å². The number of carbonyl (C=O) groups is 2. The number of amides is 1. The van der Waals surface area contributed by atoms with E-state index < -0.39 is 17.5 Å². The van der Waals surface area contributed by atoms with Gasteiger partial charge in [0, 0.05) is 17.4 Å². The van der Waals surface area contributed by atoms with Crippen molar-refractivity contribution in [1.82, 2.24) is 4.98 Å². The summed E-state index contributed by atoms with van der Waals surface area (Å²) >= 11 is 4.76. The lowest BCUT2D eigenvalue weighted by atomic mass is 10.1. The van der Waals surface area contributed by atoms with Gasteiger partial charge in [-0.3, -0.25) is 14.9 Å². The van der Waals surface area contributed by atoms with Gasteiger partial charge in [-0.15, -0.1) is 0 Å². The molecule has 0 fully saturated rings. The Labute approximate surface area is 164 Å². The fourth-order valence-electron chi connectivity index (χ4n) is 2.12. The maximum absolute atomic E-state index is 13.6. The molecule has 0 aliphatic carbocycles. The first kappa shape index (κ1) is 20.4. The predicted octanol–water partition coefficient (Wildman–Crippen LogP) is 3.85. The van der Waals surface area contributed by atoms with Crippen molar-refractivity contribution in [3.8, 4) is 16.2 Å². The summed E-state index contributed by atoms with van der Waals surface area (Å²) in [4.78, 5) is 28.0. The Balaban J connectivity index is 0.00000126. The first-order valence-electron chi connectivity index (χ1n) is 7.53. The first-order chi connectivity index (χ1) is 13.0. The van der Waals surface area contributed by atoms with Gasteiger partial charge in [-0.05, 0) is 36.1 Å². The summed E-state index contributed by atoms with van der Waals surface area (Å²) in [5, 5.41) is 12.2. The lowest BCUT2D eigenvalue weighted by Crippen LogP contribution is -2.12. The number of aromatic hydroxyl groups is 1. The standard InChI is InChI=1S/C17H12FN3O3S.CH4S/c18-13-6-10(5-11(8-22)15(13)23)16(24)21-17-20-7-14(25-17)9-1-3-12(19)4-2-9;1-2/h1-8,23H,19H2,(H,20,21,24);2H,1H3. The Morgan fingerprint density at radius 1 is 1.30 bits per heavy atom. The number of aldehydes is 1. The minimum absolute atomic E-state index is 0.0957. The molecule has 0 spiro atoms. The summed E-state index contributed by atoms with van der Waals surface area (Å²) < 4.78 is 13.6. The van der Waals surface area contributed by atoms with Crippen molar-refractivity contribution in [2.75, 3.05) is 17.3 Å². The molecule has 4 N–H and O–H groups in total. The maximum Gasteiger partial charge on any atom is 0.257 e. The Morgan fingerprint density at radius 2 is 1.96 bits per heavy atom. The maximum atomic E-state index is 13.6. The van der Waals surface area contributed by atoms with E-state index in [0.29, 0.717) is 10.8 Å². The van der Waals surface area contributed by atoms with Crippen LogP contribution in [0.4, 0.5) is 15.2 Å². The molecule has 0 saturated carbocycles. The number of thiol groups is 1. The van der Waals surface area contributed by atoms with Gasteiger partial charge in [0.05, 0.1) is 10.4 Å². The third kappa shape index (κ3) is 4.83. The van der Waals surface area contributed by atoms with Gasteiger partial charge in [-0.1, -0.05) is 23.5 Å². The summed E-state index contributed by atoms with van der Waals surface area (Å²) in [7, 11) is 0. The van der Waals surface area contributed by atoms with Gasteiger partial charge >= 0.3 is 0 Å². The van der Waals surface area contributed by atoms with Crippen molar-refractivity contribution in [3.05, 3.63) is 59.5 Å². The molecule has 0 unspecified atom stereocenters. The van der Waals surface area contributed by atoms with Crippen molar-refractivity contribution in [3.63, 3.8) is 0 Å². The quantitative estimate of drug-likeness (QED) is 0.300. The summed E-state index contributed by atoms with van der Waals surface area (Å²) in [6.45, 7) is 0. The van der Waals surface area contributed by atoms with Crippen LogP contribution in [0.15, 0.2) is 42.6 Å². The van der Waals surface area contributed by atoms with Crippen LogP contribution in [-0.4, -0.2) is 28.5 Å². The molecule has 0 radical (unpaired) electrons. The minimum atomic E-state index is -1.04. The second kappa shape index (κ2) is 9.15. The molecule has 1 aromatic heterocycles. The molecule has 2 aromatic carbocycles. The van der Waals surface area contributed by atoms with Gasteiger partial charge in [-0.25, -0.2) is 9.37 Å².